The average Bonchev–Trinajstić information content (AvgIpc) is 2.44. The van der Waals surface area contributed by atoms with E-state index in [0.29, 0.717) is 23.8 Å². The van der Waals surface area contributed by atoms with Crippen LogP contribution in [0.1, 0.15) is 19.4 Å². The Morgan fingerprint density at radius 1 is 1.30 bits per heavy atom. The standard InChI is InChI=1S/C15H18FN3O/c1-11(2)8-18-9-12-5-7-19-15(14(12)16)20-13-4-3-6-17-10-13/h3-7,10-11,18H,8-9H2,1-2H3. The van der Waals surface area contributed by atoms with Crippen molar-refractivity contribution in [1.82, 2.24) is 15.3 Å². The van der Waals surface area contributed by atoms with Crippen LogP contribution in [0.3, 0.4) is 0 Å². The van der Waals surface area contributed by atoms with Crippen molar-refractivity contribution in [3.8, 4) is 11.6 Å². The molecule has 0 saturated heterocycles. The third-order valence-electron chi connectivity index (χ3n) is 2.65. The van der Waals surface area contributed by atoms with Crippen molar-refractivity contribution in [2.75, 3.05) is 6.54 Å². The van der Waals surface area contributed by atoms with Crippen molar-refractivity contribution in [3.05, 3.63) is 48.2 Å². The molecule has 1 N–H and O–H groups in total. The van der Waals surface area contributed by atoms with Gasteiger partial charge >= 0.3 is 0 Å². The lowest BCUT2D eigenvalue weighted by Gasteiger charge is -2.10. The lowest BCUT2D eigenvalue weighted by Crippen LogP contribution is -2.19. The maximum atomic E-state index is 14.2. The van der Waals surface area contributed by atoms with Crippen LogP contribution in [0.15, 0.2) is 36.8 Å². The molecule has 0 fully saturated rings. The van der Waals surface area contributed by atoms with Crippen LogP contribution in [-0.2, 0) is 6.54 Å². The zero-order valence-corrected chi connectivity index (χ0v) is 11.6. The van der Waals surface area contributed by atoms with E-state index < -0.39 is 5.82 Å². The number of rotatable bonds is 6. The number of hydrogen-bond donors (Lipinski definition) is 1. The second kappa shape index (κ2) is 6.96. The quantitative estimate of drug-likeness (QED) is 0.879. The zero-order chi connectivity index (χ0) is 14.4. The van der Waals surface area contributed by atoms with Crippen molar-refractivity contribution in [1.29, 1.82) is 0 Å². The van der Waals surface area contributed by atoms with E-state index in [1.54, 1.807) is 30.6 Å². The van der Waals surface area contributed by atoms with Gasteiger partial charge < -0.3 is 10.1 Å². The number of nitrogens with one attached hydrogen (secondary N) is 1. The van der Waals surface area contributed by atoms with Gasteiger partial charge in [0.1, 0.15) is 5.75 Å². The van der Waals surface area contributed by atoms with Crippen molar-refractivity contribution in [2.24, 2.45) is 5.92 Å². The van der Waals surface area contributed by atoms with E-state index in [1.807, 2.05) is 0 Å². The highest BCUT2D eigenvalue weighted by atomic mass is 19.1. The maximum Gasteiger partial charge on any atom is 0.256 e. The Morgan fingerprint density at radius 3 is 2.85 bits per heavy atom. The molecule has 2 aromatic rings. The number of hydrogen-bond acceptors (Lipinski definition) is 4. The van der Waals surface area contributed by atoms with Crippen LogP contribution in [0.4, 0.5) is 4.39 Å². The van der Waals surface area contributed by atoms with Gasteiger partial charge in [0.05, 0.1) is 6.20 Å². The van der Waals surface area contributed by atoms with Crippen molar-refractivity contribution in [3.63, 3.8) is 0 Å². The molecule has 0 atom stereocenters. The van der Waals surface area contributed by atoms with Crippen LogP contribution in [0.2, 0.25) is 0 Å². The Bertz CT molecular complexity index is 546. The molecule has 0 aromatic carbocycles. The van der Waals surface area contributed by atoms with E-state index in [0.717, 1.165) is 6.54 Å². The number of ether oxygens (including phenoxy) is 1. The van der Waals surface area contributed by atoms with Crippen LogP contribution >= 0.6 is 0 Å². The molecule has 2 aromatic heterocycles. The molecule has 20 heavy (non-hydrogen) atoms. The fourth-order valence-electron chi connectivity index (χ4n) is 1.68. The molecule has 0 amide bonds. The van der Waals surface area contributed by atoms with Gasteiger partial charge in [-0.15, -0.1) is 0 Å². The summed E-state index contributed by atoms with van der Waals surface area (Å²) in [6, 6.07) is 5.08. The Balaban J connectivity index is 2.07. The fraction of sp³-hybridized carbons (Fsp3) is 0.333. The van der Waals surface area contributed by atoms with Gasteiger partial charge in [0.25, 0.3) is 5.88 Å². The van der Waals surface area contributed by atoms with Gasteiger partial charge in [-0.3, -0.25) is 4.98 Å². The van der Waals surface area contributed by atoms with Crippen molar-refractivity contribution >= 4 is 0 Å². The Morgan fingerprint density at radius 2 is 2.15 bits per heavy atom. The van der Waals surface area contributed by atoms with Gasteiger partial charge in [-0.05, 0) is 30.7 Å². The molecule has 0 unspecified atom stereocenters. The molecule has 0 spiro atoms. The molecule has 4 nitrogen and oxygen atoms in total. The van der Waals surface area contributed by atoms with Crippen LogP contribution in [0.5, 0.6) is 11.6 Å². The van der Waals surface area contributed by atoms with Gasteiger partial charge in [0.2, 0.25) is 0 Å². The van der Waals surface area contributed by atoms with E-state index in [9.17, 15) is 4.39 Å². The molecule has 0 aliphatic heterocycles. The van der Waals surface area contributed by atoms with Crippen LogP contribution < -0.4 is 10.1 Å². The molecule has 5 heteroatoms. The van der Waals surface area contributed by atoms with Crippen molar-refractivity contribution < 1.29 is 9.13 Å². The van der Waals surface area contributed by atoms with Gasteiger partial charge in [-0.1, -0.05) is 13.8 Å². The van der Waals surface area contributed by atoms with E-state index in [1.165, 1.54) is 6.20 Å². The smallest absolute Gasteiger partial charge is 0.256 e. The largest absolute Gasteiger partial charge is 0.435 e. The van der Waals surface area contributed by atoms with Crippen LogP contribution in [0, 0.1) is 11.7 Å². The van der Waals surface area contributed by atoms with Crippen LogP contribution in [0.25, 0.3) is 0 Å². The summed E-state index contributed by atoms with van der Waals surface area (Å²) >= 11 is 0. The third kappa shape index (κ3) is 3.99. The first-order valence-electron chi connectivity index (χ1n) is 6.59. The normalized spacial score (nSPS) is 10.8. The summed E-state index contributed by atoms with van der Waals surface area (Å²) in [7, 11) is 0. The molecule has 106 valence electrons. The molecule has 0 bridgehead atoms. The van der Waals surface area contributed by atoms with E-state index >= 15 is 0 Å². The van der Waals surface area contributed by atoms with Gasteiger partial charge in [0.15, 0.2) is 5.82 Å². The first kappa shape index (κ1) is 14.4. The van der Waals surface area contributed by atoms with E-state index in [2.05, 4.69) is 29.1 Å². The predicted octanol–water partition coefficient (Wildman–Crippen LogP) is 3.15. The SMILES string of the molecule is CC(C)CNCc1ccnc(Oc2cccnc2)c1F. The molecular formula is C15H18FN3O. The minimum absolute atomic E-state index is 0.0261. The molecule has 0 aliphatic rings. The Kier molecular flexibility index (Phi) is 5.01. The molecule has 0 aliphatic carbocycles. The average molecular weight is 275 g/mol. The van der Waals surface area contributed by atoms with E-state index in [4.69, 9.17) is 4.74 Å². The first-order valence-corrected chi connectivity index (χ1v) is 6.59. The minimum atomic E-state index is -0.437. The highest BCUT2D eigenvalue weighted by molar-refractivity contribution is 5.28. The second-order valence-corrected chi connectivity index (χ2v) is 4.90. The maximum absolute atomic E-state index is 14.2. The number of halogens is 1. The summed E-state index contributed by atoms with van der Waals surface area (Å²) in [6.07, 6.45) is 4.69. The highest BCUT2D eigenvalue weighted by Crippen LogP contribution is 2.23. The zero-order valence-electron chi connectivity index (χ0n) is 11.6. The summed E-state index contributed by atoms with van der Waals surface area (Å²) in [5.41, 5.74) is 0.541. The lowest BCUT2D eigenvalue weighted by atomic mass is 10.2. The van der Waals surface area contributed by atoms with E-state index in [-0.39, 0.29) is 5.88 Å². The number of aromatic nitrogens is 2. The highest BCUT2D eigenvalue weighted by Gasteiger charge is 2.11. The summed E-state index contributed by atoms with van der Waals surface area (Å²) in [5.74, 6) is 0.520. The summed E-state index contributed by atoms with van der Waals surface area (Å²) in [6.45, 7) is 5.50. The first-order chi connectivity index (χ1) is 9.66. The second-order valence-electron chi connectivity index (χ2n) is 4.90. The Labute approximate surface area is 118 Å². The monoisotopic (exact) mass is 275 g/mol. The fourth-order valence-corrected chi connectivity index (χ4v) is 1.68. The third-order valence-corrected chi connectivity index (χ3v) is 2.65. The van der Waals surface area contributed by atoms with Gasteiger partial charge in [-0.2, -0.15) is 0 Å². The molecular weight excluding hydrogens is 257 g/mol. The molecule has 0 saturated carbocycles. The summed E-state index contributed by atoms with van der Waals surface area (Å²) in [4.78, 5) is 7.84. The molecule has 2 heterocycles. The minimum Gasteiger partial charge on any atom is -0.435 e. The lowest BCUT2D eigenvalue weighted by molar-refractivity contribution is 0.415. The topological polar surface area (TPSA) is 47.0 Å². The Hall–Kier alpha value is -2.01. The predicted molar refractivity (Wildman–Crippen MR) is 75.1 cm³/mol. The summed E-state index contributed by atoms with van der Waals surface area (Å²) < 4.78 is 19.6. The molecule has 2 rings (SSSR count). The number of nitrogens with zero attached hydrogens (tertiary/aromatic N) is 2. The molecule has 0 radical (unpaired) electrons. The summed E-state index contributed by atoms with van der Waals surface area (Å²) in [5, 5.41) is 3.20. The van der Waals surface area contributed by atoms with Gasteiger partial charge in [-0.25, -0.2) is 9.37 Å². The van der Waals surface area contributed by atoms with Crippen LogP contribution in [-0.4, -0.2) is 16.5 Å². The number of pyridine rings is 2. The van der Waals surface area contributed by atoms with Crippen molar-refractivity contribution in [2.45, 2.75) is 20.4 Å². The van der Waals surface area contributed by atoms with Gasteiger partial charge in [0, 0.05) is 24.5 Å².